The van der Waals surface area contributed by atoms with E-state index in [1.165, 1.54) is 5.56 Å². The summed E-state index contributed by atoms with van der Waals surface area (Å²) in [6.07, 6.45) is 3.09. The van der Waals surface area contributed by atoms with Crippen LogP contribution in [-0.4, -0.2) is 43.0 Å². The molecule has 22 heavy (non-hydrogen) atoms. The van der Waals surface area contributed by atoms with E-state index in [9.17, 15) is 4.79 Å². The van der Waals surface area contributed by atoms with Crippen molar-refractivity contribution in [2.24, 2.45) is 0 Å². The summed E-state index contributed by atoms with van der Waals surface area (Å²) < 4.78 is 0. The third kappa shape index (κ3) is 2.94. The number of amides is 1. The van der Waals surface area contributed by atoms with Crippen LogP contribution in [0.25, 0.3) is 10.9 Å². The Bertz CT molecular complexity index is 727. The number of nitrogens with one attached hydrogen (secondary N) is 1. The summed E-state index contributed by atoms with van der Waals surface area (Å²) >= 11 is 6.49. The maximum Gasteiger partial charge on any atom is 0.251 e. The second kappa shape index (κ2) is 6.23. The number of rotatable bonds is 4. The van der Waals surface area contributed by atoms with Crippen LogP contribution in [0.4, 0.5) is 0 Å². The minimum atomic E-state index is -0.0674. The topological polar surface area (TPSA) is 45.2 Å². The van der Waals surface area contributed by atoms with Gasteiger partial charge in [0.15, 0.2) is 0 Å². The van der Waals surface area contributed by atoms with Gasteiger partial charge in [0.05, 0.1) is 10.5 Å². The van der Waals surface area contributed by atoms with Gasteiger partial charge in [0.2, 0.25) is 0 Å². The fourth-order valence-corrected chi connectivity index (χ4v) is 3.21. The molecule has 0 unspecified atom stereocenters. The molecule has 1 aromatic carbocycles. The van der Waals surface area contributed by atoms with Gasteiger partial charge < -0.3 is 10.2 Å². The summed E-state index contributed by atoms with van der Waals surface area (Å²) in [5.41, 5.74) is 3.71. The van der Waals surface area contributed by atoms with Crippen LogP contribution < -0.4 is 5.32 Å². The molecule has 0 radical (unpaired) electrons. The van der Waals surface area contributed by atoms with Crippen LogP contribution in [0.1, 0.15) is 28.0 Å². The van der Waals surface area contributed by atoms with Crippen molar-refractivity contribution in [3.63, 3.8) is 0 Å². The SMILES string of the molecule is CN(C)CCNC(=O)c1ccc2c(Cl)c3c(nc2c1)CCC3. The van der Waals surface area contributed by atoms with Gasteiger partial charge in [0.25, 0.3) is 5.91 Å². The van der Waals surface area contributed by atoms with E-state index in [1.54, 1.807) is 0 Å². The van der Waals surface area contributed by atoms with Gasteiger partial charge in [-0.1, -0.05) is 17.7 Å². The number of hydrogen-bond donors (Lipinski definition) is 1. The van der Waals surface area contributed by atoms with Gasteiger partial charge in [-0.3, -0.25) is 9.78 Å². The molecule has 0 saturated heterocycles. The van der Waals surface area contributed by atoms with Crippen LogP contribution in [-0.2, 0) is 12.8 Å². The molecule has 5 heteroatoms. The number of aromatic nitrogens is 1. The van der Waals surface area contributed by atoms with Gasteiger partial charge in [0.1, 0.15) is 0 Å². The number of hydrogen-bond acceptors (Lipinski definition) is 3. The lowest BCUT2D eigenvalue weighted by atomic mass is 10.1. The van der Waals surface area contributed by atoms with E-state index in [0.717, 1.165) is 47.4 Å². The van der Waals surface area contributed by atoms with Gasteiger partial charge in [-0.15, -0.1) is 0 Å². The highest BCUT2D eigenvalue weighted by Crippen LogP contribution is 2.33. The Hall–Kier alpha value is -1.65. The zero-order chi connectivity index (χ0) is 15.7. The molecule has 0 fully saturated rings. The van der Waals surface area contributed by atoms with Crippen LogP contribution in [0, 0.1) is 0 Å². The summed E-state index contributed by atoms with van der Waals surface area (Å²) in [6, 6.07) is 5.57. The highest BCUT2D eigenvalue weighted by molar-refractivity contribution is 6.36. The molecule has 1 N–H and O–H groups in total. The Morgan fingerprint density at radius 1 is 1.36 bits per heavy atom. The second-order valence-electron chi connectivity index (χ2n) is 6.00. The number of fused-ring (bicyclic) bond motifs is 2. The van der Waals surface area contributed by atoms with Crippen molar-refractivity contribution in [2.45, 2.75) is 19.3 Å². The summed E-state index contributed by atoms with van der Waals surface area (Å²) in [5, 5.41) is 4.66. The van der Waals surface area contributed by atoms with E-state index in [0.29, 0.717) is 12.1 Å². The first-order valence-electron chi connectivity index (χ1n) is 7.60. The predicted molar refractivity (Wildman–Crippen MR) is 89.7 cm³/mol. The van der Waals surface area contributed by atoms with E-state index in [-0.39, 0.29) is 5.91 Å². The van der Waals surface area contributed by atoms with Crippen molar-refractivity contribution in [1.29, 1.82) is 0 Å². The Morgan fingerprint density at radius 2 is 2.18 bits per heavy atom. The number of carbonyl (C=O) groups is 1. The van der Waals surface area contributed by atoms with Crippen LogP contribution in [0.2, 0.25) is 5.02 Å². The lowest BCUT2D eigenvalue weighted by Gasteiger charge is -2.11. The van der Waals surface area contributed by atoms with Gasteiger partial charge in [0, 0.05) is 29.7 Å². The lowest BCUT2D eigenvalue weighted by molar-refractivity contribution is 0.0951. The number of halogens is 1. The normalized spacial score (nSPS) is 13.6. The molecule has 0 spiro atoms. The highest BCUT2D eigenvalue weighted by Gasteiger charge is 2.19. The molecule has 1 aromatic heterocycles. The molecule has 4 nitrogen and oxygen atoms in total. The third-order valence-electron chi connectivity index (χ3n) is 4.05. The first-order chi connectivity index (χ1) is 10.6. The number of nitrogens with zero attached hydrogens (tertiary/aromatic N) is 2. The maximum atomic E-state index is 12.2. The zero-order valence-corrected chi connectivity index (χ0v) is 13.7. The van der Waals surface area contributed by atoms with E-state index < -0.39 is 0 Å². The molecule has 1 aliphatic rings. The van der Waals surface area contributed by atoms with Crippen molar-refractivity contribution in [1.82, 2.24) is 15.2 Å². The molecular weight excluding hydrogens is 298 g/mol. The molecule has 1 amide bonds. The number of benzene rings is 1. The molecule has 116 valence electrons. The second-order valence-corrected chi connectivity index (χ2v) is 6.37. The quantitative estimate of drug-likeness (QED) is 0.943. The minimum absolute atomic E-state index is 0.0674. The summed E-state index contributed by atoms with van der Waals surface area (Å²) in [4.78, 5) is 18.9. The Balaban J connectivity index is 1.87. The first kappa shape index (κ1) is 15.3. The molecule has 3 rings (SSSR count). The predicted octanol–water partition coefficient (Wildman–Crippen LogP) is 2.67. The van der Waals surface area contributed by atoms with Gasteiger partial charge in [-0.05, 0) is 51.1 Å². The monoisotopic (exact) mass is 317 g/mol. The Kier molecular flexibility index (Phi) is 4.32. The molecule has 2 aromatic rings. The van der Waals surface area contributed by atoms with Crippen molar-refractivity contribution < 1.29 is 4.79 Å². The largest absolute Gasteiger partial charge is 0.351 e. The summed E-state index contributed by atoms with van der Waals surface area (Å²) in [6.45, 7) is 1.44. The van der Waals surface area contributed by atoms with Crippen LogP contribution in [0.15, 0.2) is 18.2 Å². The van der Waals surface area contributed by atoms with Crippen molar-refractivity contribution in [3.8, 4) is 0 Å². The number of aryl methyl sites for hydroxylation is 1. The maximum absolute atomic E-state index is 12.2. The average molecular weight is 318 g/mol. The molecule has 1 heterocycles. The van der Waals surface area contributed by atoms with Gasteiger partial charge >= 0.3 is 0 Å². The third-order valence-corrected chi connectivity index (χ3v) is 4.48. The molecule has 0 saturated carbocycles. The standard InChI is InChI=1S/C17H20ClN3O/c1-21(2)9-8-19-17(22)11-6-7-13-15(10-11)20-14-5-3-4-12(14)16(13)18/h6-7,10H,3-5,8-9H2,1-2H3,(H,19,22). The summed E-state index contributed by atoms with van der Waals surface area (Å²) in [7, 11) is 3.96. The smallest absolute Gasteiger partial charge is 0.251 e. The van der Waals surface area contributed by atoms with E-state index in [2.05, 4.69) is 5.32 Å². The van der Waals surface area contributed by atoms with Crippen molar-refractivity contribution in [2.75, 3.05) is 27.2 Å². The fraction of sp³-hybridized carbons (Fsp3) is 0.412. The molecule has 1 aliphatic carbocycles. The Labute approximate surface area is 135 Å². The molecule has 0 atom stereocenters. The van der Waals surface area contributed by atoms with Crippen molar-refractivity contribution in [3.05, 3.63) is 40.0 Å². The Morgan fingerprint density at radius 3 is 2.95 bits per heavy atom. The van der Waals surface area contributed by atoms with E-state index >= 15 is 0 Å². The fourth-order valence-electron chi connectivity index (χ4n) is 2.84. The van der Waals surface area contributed by atoms with E-state index in [4.69, 9.17) is 16.6 Å². The number of likely N-dealkylation sites (N-methyl/N-ethyl adjacent to an activating group) is 1. The van der Waals surface area contributed by atoms with Crippen LogP contribution in [0.5, 0.6) is 0 Å². The van der Waals surface area contributed by atoms with E-state index in [1.807, 2.05) is 37.2 Å². The highest BCUT2D eigenvalue weighted by atomic mass is 35.5. The molecule has 0 aliphatic heterocycles. The zero-order valence-electron chi connectivity index (χ0n) is 12.9. The number of pyridine rings is 1. The van der Waals surface area contributed by atoms with Crippen LogP contribution in [0.3, 0.4) is 0 Å². The molecule has 0 bridgehead atoms. The van der Waals surface area contributed by atoms with Gasteiger partial charge in [-0.25, -0.2) is 0 Å². The van der Waals surface area contributed by atoms with Gasteiger partial charge in [-0.2, -0.15) is 0 Å². The average Bonchev–Trinajstić information content (AvgIpc) is 2.95. The van der Waals surface area contributed by atoms with Crippen LogP contribution >= 0.6 is 11.6 Å². The lowest BCUT2D eigenvalue weighted by Crippen LogP contribution is -2.31. The minimum Gasteiger partial charge on any atom is -0.351 e. The number of carbonyl (C=O) groups excluding carboxylic acids is 1. The first-order valence-corrected chi connectivity index (χ1v) is 7.98. The molecular formula is C17H20ClN3O. The summed E-state index contributed by atoms with van der Waals surface area (Å²) in [5.74, 6) is -0.0674. The van der Waals surface area contributed by atoms with Crippen molar-refractivity contribution >= 4 is 28.4 Å².